The fourth-order valence-corrected chi connectivity index (χ4v) is 4.54. The first-order chi connectivity index (χ1) is 12.1. The third-order valence-corrected chi connectivity index (χ3v) is 6.27. The summed E-state index contributed by atoms with van der Waals surface area (Å²) in [6.07, 6.45) is 7.70. The molecule has 1 N–H and O–H groups in total. The number of amides is 1. The highest BCUT2D eigenvalue weighted by Gasteiger charge is 2.29. The van der Waals surface area contributed by atoms with Gasteiger partial charge in [0.1, 0.15) is 0 Å². The van der Waals surface area contributed by atoms with Gasteiger partial charge in [0, 0.05) is 18.0 Å². The summed E-state index contributed by atoms with van der Waals surface area (Å²) < 4.78 is 0. The van der Waals surface area contributed by atoms with E-state index < -0.39 is 0 Å². The first-order valence-electron chi connectivity index (χ1n) is 9.91. The van der Waals surface area contributed by atoms with Gasteiger partial charge in [0.25, 0.3) is 0 Å². The molecule has 0 radical (unpaired) electrons. The van der Waals surface area contributed by atoms with Crippen molar-refractivity contribution in [3.05, 3.63) is 34.9 Å². The summed E-state index contributed by atoms with van der Waals surface area (Å²) >= 11 is 6.05. The first-order valence-corrected chi connectivity index (χ1v) is 10.3. The monoisotopic (exact) mass is 362 g/mol. The van der Waals surface area contributed by atoms with Gasteiger partial charge in [-0.15, -0.1) is 0 Å². The van der Waals surface area contributed by atoms with E-state index in [0.29, 0.717) is 24.2 Å². The van der Waals surface area contributed by atoms with E-state index in [-0.39, 0.29) is 6.04 Å². The summed E-state index contributed by atoms with van der Waals surface area (Å²) in [7, 11) is 0. The lowest BCUT2D eigenvalue weighted by molar-refractivity contribution is -0.135. The van der Waals surface area contributed by atoms with Crippen LogP contribution in [0.1, 0.15) is 63.5 Å². The number of halogens is 1. The van der Waals surface area contributed by atoms with Crippen LogP contribution in [0.4, 0.5) is 0 Å². The number of carbonyl (C=O) groups excluding carboxylic acids is 1. The van der Waals surface area contributed by atoms with Gasteiger partial charge in [-0.1, -0.05) is 43.5 Å². The Morgan fingerprint density at radius 1 is 1.16 bits per heavy atom. The van der Waals surface area contributed by atoms with Crippen molar-refractivity contribution in [1.82, 2.24) is 10.2 Å². The molecule has 3 nitrogen and oxygen atoms in total. The average Bonchev–Trinajstić information content (AvgIpc) is 2.89. The van der Waals surface area contributed by atoms with Crippen LogP contribution in [0.3, 0.4) is 0 Å². The standard InChI is InChI=1S/C21H31ClN2O/c1-16(17-10-12-23-13-11-17)15-21(25)24-14-4-2-3-5-20(24)18-6-8-19(22)9-7-18/h6-9,16-17,20,23H,2-5,10-15H2,1H3. The number of hydrogen-bond donors (Lipinski definition) is 1. The van der Waals surface area contributed by atoms with Crippen LogP contribution in [-0.4, -0.2) is 30.4 Å². The van der Waals surface area contributed by atoms with Gasteiger partial charge >= 0.3 is 0 Å². The highest BCUT2D eigenvalue weighted by molar-refractivity contribution is 6.30. The number of carbonyl (C=O) groups is 1. The number of nitrogens with one attached hydrogen (secondary N) is 1. The topological polar surface area (TPSA) is 32.3 Å². The minimum Gasteiger partial charge on any atom is -0.336 e. The molecule has 2 aliphatic heterocycles. The van der Waals surface area contributed by atoms with Gasteiger partial charge in [0.2, 0.25) is 5.91 Å². The smallest absolute Gasteiger partial charge is 0.223 e. The van der Waals surface area contributed by atoms with Gasteiger partial charge < -0.3 is 10.2 Å². The summed E-state index contributed by atoms with van der Waals surface area (Å²) in [5.41, 5.74) is 1.23. The molecule has 2 aliphatic rings. The summed E-state index contributed by atoms with van der Waals surface area (Å²) in [6, 6.07) is 8.29. The zero-order chi connectivity index (χ0) is 17.6. The molecule has 2 atom stereocenters. The van der Waals surface area contributed by atoms with Gasteiger partial charge in [-0.2, -0.15) is 0 Å². The van der Waals surface area contributed by atoms with Gasteiger partial charge in [0.05, 0.1) is 6.04 Å². The third-order valence-electron chi connectivity index (χ3n) is 6.01. The Labute approximate surface area is 157 Å². The average molecular weight is 363 g/mol. The van der Waals surface area contributed by atoms with E-state index in [1.807, 2.05) is 12.1 Å². The number of likely N-dealkylation sites (tertiary alicyclic amines) is 1. The van der Waals surface area contributed by atoms with E-state index in [4.69, 9.17) is 11.6 Å². The first kappa shape index (κ1) is 18.7. The molecule has 0 saturated carbocycles. The summed E-state index contributed by atoms with van der Waals surface area (Å²) in [6.45, 7) is 5.36. The zero-order valence-electron chi connectivity index (χ0n) is 15.3. The Kier molecular flexibility index (Phi) is 6.77. The largest absolute Gasteiger partial charge is 0.336 e. The third kappa shape index (κ3) is 4.98. The van der Waals surface area contributed by atoms with Crippen molar-refractivity contribution in [2.45, 2.75) is 57.9 Å². The molecule has 0 bridgehead atoms. The predicted octanol–water partition coefficient (Wildman–Crippen LogP) is 4.81. The number of benzene rings is 1. The van der Waals surface area contributed by atoms with Crippen LogP contribution in [0.2, 0.25) is 5.02 Å². The zero-order valence-corrected chi connectivity index (χ0v) is 16.1. The molecule has 138 valence electrons. The summed E-state index contributed by atoms with van der Waals surface area (Å²) in [5, 5.41) is 4.18. The van der Waals surface area contributed by atoms with Crippen molar-refractivity contribution in [2.75, 3.05) is 19.6 Å². The van der Waals surface area contributed by atoms with Crippen LogP contribution in [0.15, 0.2) is 24.3 Å². The van der Waals surface area contributed by atoms with Crippen molar-refractivity contribution >= 4 is 17.5 Å². The van der Waals surface area contributed by atoms with Crippen molar-refractivity contribution in [1.29, 1.82) is 0 Å². The lowest BCUT2D eigenvalue weighted by Crippen LogP contribution is -2.37. The quantitative estimate of drug-likeness (QED) is 0.833. The lowest BCUT2D eigenvalue weighted by atomic mass is 9.83. The van der Waals surface area contributed by atoms with Crippen LogP contribution >= 0.6 is 11.6 Å². The summed E-state index contributed by atoms with van der Waals surface area (Å²) in [5.74, 6) is 1.50. The van der Waals surface area contributed by atoms with E-state index in [1.54, 1.807) is 0 Å². The Morgan fingerprint density at radius 3 is 2.60 bits per heavy atom. The maximum atomic E-state index is 13.1. The molecule has 1 aromatic carbocycles. The van der Waals surface area contributed by atoms with Crippen LogP contribution in [-0.2, 0) is 4.79 Å². The van der Waals surface area contributed by atoms with Gasteiger partial charge in [-0.25, -0.2) is 0 Å². The molecule has 4 heteroatoms. The SMILES string of the molecule is CC(CC(=O)N1CCCCCC1c1ccc(Cl)cc1)C1CCNCC1. The molecule has 1 amide bonds. The molecule has 25 heavy (non-hydrogen) atoms. The van der Waals surface area contributed by atoms with E-state index in [2.05, 4.69) is 29.3 Å². The predicted molar refractivity (Wildman–Crippen MR) is 104 cm³/mol. The Morgan fingerprint density at radius 2 is 1.88 bits per heavy atom. The fourth-order valence-electron chi connectivity index (χ4n) is 4.41. The molecule has 0 spiro atoms. The van der Waals surface area contributed by atoms with Crippen molar-refractivity contribution in [3.63, 3.8) is 0 Å². The molecule has 2 fully saturated rings. The molecule has 0 aliphatic carbocycles. The van der Waals surface area contributed by atoms with E-state index in [1.165, 1.54) is 31.2 Å². The second-order valence-electron chi connectivity index (χ2n) is 7.77. The van der Waals surface area contributed by atoms with E-state index in [9.17, 15) is 4.79 Å². The maximum Gasteiger partial charge on any atom is 0.223 e. The number of piperidine rings is 1. The van der Waals surface area contributed by atoms with Crippen molar-refractivity contribution in [2.24, 2.45) is 11.8 Å². The summed E-state index contributed by atoms with van der Waals surface area (Å²) in [4.78, 5) is 15.3. The Hall–Kier alpha value is -1.06. The second kappa shape index (κ2) is 9.05. The molecular weight excluding hydrogens is 332 g/mol. The number of hydrogen-bond acceptors (Lipinski definition) is 2. The number of nitrogens with zero attached hydrogens (tertiary/aromatic N) is 1. The Balaban J connectivity index is 1.69. The fraction of sp³-hybridized carbons (Fsp3) is 0.667. The minimum absolute atomic E-state index is 0.215. The van der Waals surface area contributed by atoms with E-state index in [0.717, 1.165) is 37.5 Å². The van der Waals surface area contributed by atoms with Crippen LogP contribution < -0.4 is 5.32 Å². The van der Waals surface area contributed by atoms with Crippen LogP contribution in [0.25, 0.3) is 0 Å². The molecule has 2 heterocycles. The Bertz CT molecular complexity index is 554. The maximum absolute atomic E-state index is 13.1. The normalized spacial score (nSPS) is 23.9. The van der Waals surface area contributed by atoms with Gasteiger partial charge in [-0.05, 0) is 68.3 Å². The van der Waals surface area contributed by atoms with Crippen molar-refractivity contribution in [3.8, 4) is 0 Å². The number of rotatable bonds is 4. The molecule has 2 unspecified atom stereocenters. The molecule has 1 aromatic rings. The molecule has 2 saturated heterocycles. The molecule has 3 rings (SSSR count). The van der Waals surface area contributed by atoms with E-state index >= 15 is 0 Å². The molecular formula is C21H31ClN2O. The van der Waals surface area contributed by atoms with Crippen LogP contribution in [0, 0.1) is 11.8 Å². The lowest BCUT2D eigenvalue weighted by Gasteiger charge is -2.33. The van der Waals surface area contributed by atoms with Gasteiger partial charge in [-0.3, -0.25) is 4.79 Å². The molecule has 0 aromatic heterocycles. The van der Waals surface area contributed by atoms with Crippen LogP contribution in [0.5, 0.6) is 0 Å². The van der Waals surface area contributed by atoms with Crippen molar-refractivity contribution < 1.29 is 4.79 Å². The van der Waals surface area contributed by atoms with Gasteiger partial charge in [0.15, 0.2) is 0 Å². The second-order valence-corrected chi connectivity index (χ2v) is 8.21. The minimum atomic E-state index is 0.215. The highest BCUT2D eigenvalue weighted by atomic mass is 35.5. The highest BCUT2D eigenvalue weighted by Crippen LogP contribution is 2.33.